The van der Waals surface area contributed by atoms with Gasteiger partial charge in [0.1, 0.15) is 12.2 Å². The summed E-state index contributed by atoms with van der Waals surface area (Å²) < 4.78 is 11.9. The van der Waals surface area contributed by atoms with Crippen LogP contribution in [0.4, 0.5) is 0 Å². The molecular formula is C22H31N3O3S. The molecule has 6 nitrogen and oxygen atoms in total. The van der Waals surface area contributed by atoms with Crippen LogP contribution in [0.2, 0.25) is 0 Å². The van der Waals surface area contributed by atoms with Crippen molar-refractivity contribution in [1.82, 2.24) is 14.8 Å². The number of fused-ring (bicyclic) bond motifs is 1. The van der Waals surface area contributed by atoms with Gasteiger partial charge in [-0.2, -0.15) is 0 Å². The van der Waals surface area contributed by atoms with Crippen LogP contribution in [-0.4, -0.2) is 71.8 Å². The van der Waals surface area contributed by atoms with Crippen LogP contribution < -0.4 is 0 Å². The van der Waals surface area contributed by atoms with Gasteiger partial charge in [-0.05, 0) is 6.42 Å². The van der Waals surface area contributed by atoms with Crippen LogP contribution in [0.5, 0.6) is 0 Å². The number of hydrogen-bond donors (Lipinski definition) is 0. The molecule has 0 N–H and O–H groups in total. The van der Waals surface area contributed by atoms with Crippen LogP contribution in [0.1, 0.15) is 37.9 Å². The molecule has 3 atom stereocenters. The third-order valence-electron chi connectivity index (χ3n) is 5.55. The van der Waals surface area contributed by atoms with E-state index in [1.165, 1.54) is 5.01 Å². The molecule has 0 radical (unpaired) electrons. The predicted molar refractivity (Wildman–Crippen MR) is 114 cm³/mol. The molecule has 1 aliphatic carbocycles. The van der Waals surface area contributed by atoms with Gasteiger partial charge in [0.2, 0.25) is 0 Å². The van der Waals surface area contributed by atoms with E-state index in [2.05, 4.69) is 31.1 Å². The topological polar surface area (TPSA) is 54.9 Å². The van der Waals surface area contributed by atoms with E-state index in [9.17, 15) is 4.79 Å². The number of hydrogen-bond acceptors (Lipinski definition) is 6. The minimum absolute atomic E-state index is 0.0527. The summed E-state index contributed by atoms with van der Waals surface area (Å²) in [5.41, 5.74) is 1.22. The van der Waals surface area contributed by atoms with Gasteiger partial charge in [0, 0.05) is 43.5 Å². The van der Waals surface area contributed by atoms with E-state index in [0.717, 1.165) is 44.8 Å². The minimum atomic E-state index is -0.508. The zero-order valence-corrected chi connectivity index (χ0v) is 18.4. The molecule has 3 heterocycles. The van der Waals surface area contributed by atoms with Crippen molar-refractivity contribution in [3.05, 3.63) is 40.4 Å². The monoisotopic (exact) mass is 417 g/mol. The molecule has 7 heteroatoms. The average molecular weight is 418 g/mol. The van der Waals surface area contributed by atoms with Crippen molar-refractivity contribution < 1.29 is 14.3 Å². The van der Waals surface area contributed by atoms with E-state index in [1.807, 2.05) is 29.2 Å². The smallest absolute Gasteiger partial charge is 0.254 e. The number of rotatable bonds is 3. The first kappa shape index (κ1) is 20.7. The number of carbonyl (C=O) groups excluding carboxylic acids is 1. The molecule has 2 saturated heterocycles. The van der Waals surface area contributed by atoms with Gasteiger partial charge < -0.3 is 14.4 Å². The quantitative estimate of drug-likeness (QED) is 0.757. The largest absolute Gasteiger partial charge is 0.368 e. The Kier molecular flexibility index (Phi) is 6.20. The molecule has 1 aromatic heterocycles. The van der Waals surface area contributed by atoms with E-state index < -0.39 is 6.10 Å². The summed E-state index contributed by atoms with van der Waals surface area (Å²) in [6.07, 6.45) is 8.09. The van der Waals surface area contributed by atoms with Crippen LogP contribution in [0.25, 0.3) is 0 Å². The maximum atomic E-state index is 13.0. The van der Waals surface area contributed by atoms with Crippen LogP contribution >= 0.6 is 11.3 Å². The Morgan fingerprint density at radius 1 is 1.17 bits per heavy atom. The number of nitrogens with zero attached hydrogens (tertiary/aromatic N) is 3. The zero-order valence-electron chi connectivity index (χ0n) is 17.5. The SMILES string of the molecule is CC(C)(C)c1nc(CN2CCCN(C(=O)C3COC4C=CC=CC4O3)CC2)cs1. The molecule has 0 spiro atoms. The van der Waals surface area contributed by atoms with Crippen molar-refractivity contribution in [3.63, 3.8) is 0 Å². The number of aromatic nitrogens is 1. The highest BCUT2D eigenvalue weighted by Crippen LogP contribution is 2.26. The number of amides is 1. The van der Waals surface area contributed by atoms with Crippen LogP contribution in [0.3, 0.4) is 0 Å². The summed E-state index contributed by atoms with van der Waals surface area (Å²) in [5, 5.41) is 3.35. The highest BCUT2D eigenvalue weighted by Gasteiger charge is 2.36. The average Bonchev–Trinajstić information content (AvgIpc) is 3.06. The normalized spacial score (nSPS) is 28.2. The molecule has 4 rings (SSSR count). The lowest BCUT2D eigenvalue weighted by Crippen LogP contribution is -2.51. The molecule has 2 aliphatic heterocycles. The van der Waals surface area contributed by atoms with Gasteiger partial charge in [-0.25, -0.2) is 4.98 Å². The Balaban J connectivity index is 1.30. The van der Waals surface area contributed by atoms with Crippen molar-refractivity contribution >= 4 is 17.2 Å². The minimum Gasteiger partial charge on any atom is -0.368 e. The molecule has 1 aromatic rings. The molecule has 158 valence electrons. The van der Waals surface area contributed by atoms with Crippen LogP contribution in [-0.2, 0) is 26.2 Å². The molecule has 3 unspecified atom stereocenters. The first-order valence-corrected chi connectivity index (χ1v) is 11.4. The fourth-order valence-electron chi connectivity index (χ4n) is 3.90. The van der Waals surface area contributed by atoms with E-state index >= 15 is 0 Å². The van der Waals surface area contributed by atoms with E-state index in [0.29, 0.717) is 6.61 Å². The lowest BCUT2D eigenvalue weighted by Gasteiger charge is -2.36. The molecule has 0 aromatic carbocycles. The van der Waals surface area contributed by atoms with Gasteiger partial charge >= 0.3 is 0 Å². The summed E-state index contributed by atoms with van der Waals surface area (Å²) in [7, 11) is 0. The molecule has 2 fully saturated rings. The highest BCUT2D eigenvalue weighted by molar-refractivity contribution is 7.09. The van der Waals surface area contributed by atoms with E-state index in [4.69, 9.17) is 14.5 Å². The number of allylic oxidation sites excluding steroid dienone is 2. The van der Waals surface area contributed by atoms with Crippen molar-refractivity contribution in [1.29, 1.82) is 0 Å². The number of ether oxygens (including phenoxy) is 2. The lowest BCUT2D eigenvalue weighted by molar-refractivity contribution is -0.176. The van der Waals surface area contributed by atoms with Gasteiger partial charge in [-0.1, -0.05) is 45.1 Å². The second-order valence-corrected chi connectivity index (χ2v) is 9.86. The van der Waals surface area contributed by atoms with Crippen molar-refractivity contribution in [3.8, 4) is 0 Å². The van der Waals surface area contributed by atoms with Crippen molar-refractivity contribution in [2.45, 2.75) is 57.5 Å². The van der Waals surface area contributed by atoms with Crippen molar-refractivity contribution in [2.75, 3.05) is 32.8 Å². The zero-order chi connectivity index (χ0) is 20.4. The Bertz CT molecular complexity index is 783. The number of thiazole rings is 1. The van der Waals surface area contributed by atoms with Gasteiger partial charge in [0.05, 0.1) is 17.3 Å². The summed E-state index contributed by atoms with van der Waals surface area (Å²) in [4.78, 5) is 22.2. The van der Waals surface area contributed by atoms with Crippen LogP contribution in [0.15, 0.2) is 29.7 Å². The Hall–Kier alpha value is -1.54. The second kappa shape index (κ2) is 8.68. The van der Waals surface area contributed by atoms with Gasteiger partial charge in [-0.3, -0.25) is 9.69 Å². The lowest BCUT2D eigenvalue weighted by atomic mass is 9.98. The molecule has 0 bridgehead atoms. The maximum absolute atomic E-state index is 13.0. The second-order valence-electron chi connectivity index (χ2n) is 9.01. The summed E-state index contributed by atoms with van der Waals surface area (Å²) >= 11 is 1.74. The highest BCUT2D eigenvalue weighted by atomic mass is 32.1. The molecule has 0 saturated carbocycles. The summed E-state index contributed by atoms with van der Waals surface area (Å²) in [5.74, 6) is 0.0527. The molecular weight excluding hydrogens is 386 g/mol. The van der Waals surface area contributed by atoms with Gasteiger partial charge in [-0.15, -0.1) is 11.3 Å². The van der Waals surface area contributed by atoms with Crippen LogP contribution in [0, 0.1) is 0 Å². The third-order valence-corrected chi connectivity index (χ3v) is 6.87. The Morgan fingerprint density at radius 3 is 2.72 bits per heavy atom. The molecule has 29 heavy (non-hydrogen) atoms. The fourth-order valence-corrected chi connectivity index (χ4v) is 4.80. The summed E-state index contributed by atoms with van der Waals surface area (Å²) in [6, 6.07) is 0. The maximum Gasteiger partial charge on any atom is 0.254 e. The Labute approximate surface area is 177 Å². The van der Waals surface area contributed by atoms with E-state index in [1.54, 1.807) is 11.3 Å². The standard InChI is InChI=1S/C22H31N3O3S/c1-22(2,3)21-23-16(15-29-21)13-24-9-6-10-25(12-11-24)20(26)19-14-27-17-7-4-5-8-18(17)28-19/h4-5,7-8,15,17-19H,6,9-14H2,1-3H3. The van der Waals surface area contributed by atoms with Gasteiger partial charge in [0.15, 0.2) is 6.10 Å². The summed E-state index contributed by atoms with van der Waals surface area (Å²) in [6.45, 7) is 11.1. The van der Waals surface area contributed by atoms with E-state index in [-0.39, 0.29) is 23.5 Å². The molecule has 1 amide bonds. The Morgan fingerprint density at radius 2 is 1.97 bits per heavy atom. The predicted octanol–water partition coefficient (Wildman–Crippen LogP) is 2.75. The first-order valence-electron chi connectivity index (χ1n) is 10.5. The van der Waals surface area contributed by atoms with Crippen molar-refractivity contribution in [2.24, 2.45) is 0 Å². The molecule has 3 aliphatic rings. The first-order chi connectivity index (χ1) is 13.9. The van der Waals surface area contributed by atoms with Gasteiger partial charge in [0.25, 0.3) is 5.91 Å². The third kappa shape index (κ3) is 4.97. The number of carbonyl (C=O) groups is 1. The fraction of sp³-hybridized carbons (Fsp3) is 0.636.